The van der Waals surface area contributed by atoms with Gasteiger partial charge >= 0.3 is 0 Å². The molecule has 0 unspecified atom stereocenters. The quantitative estimate of drug-likeness (QED) is 0.519. The fourth-order valence-corrected chi connectivity index (χ4v) is 4.18. The summed E-state index contributed by atoms with van der Waals surface area (Å²) in [5, 5.41) is 9.32. The topological polar surface area (TPSA) is 52.2 Å². The monoisotopic (exact) mass is 364 g/mol. The minimum atomic E-state index is -0.0443. The molecule has 5 nitrogen and oxygen atoms in total. The van der Waals surface area contributed by atoms with Crippen LogP contribution in [0.25, 0.3) is 16.7 Å². The lowest BCUT2D eigenvalue weighted by Gasteiger charge is -2.09. The molecule has 0 fully saturated rings. The minimum Gasteiger partial charge on any atom is -0.279 e. The zero-order chi connectivity index (χ0) is 18.4. The van der Waals surface area contributed by atoms with Crippen molar-refractivity contribution in [3.63, 3.8) is 0 Å². The first-order valence-electron chi connectivity index (χ1n) is 8.49. The number of rotatable bonds is 3. The van der Waals surface area contributed by atoms with E-state index in [1.165, 1.54) is 16.0 Å². The lowest BCUT2D eigenvalue weighted by Crippen LogP contribution is -2.20. The molecular formula is C20H20N4OS. The highest BCUT2D eigenvalue weighted by Crippen LogP contribution is 2.27. The van der Waals surface area contributed by atoms with Gasteiger partial charge in [-0.3, -0.25) is 13.8 Å². The molecule has 0 saturated carbocycles. The Labute approximate surface area is 155 Å². The number of aryl methyl sites for hydroxylation is 4. The average molecular weight is 364 g/mol. The summed E-state index contributed by atoms with van der Waals surface area (Å²) < 4.78 is 3.56. The highest BCUT2D eigenvalue weighted by molar-refractivity contribution is 7.98. The smallest absolute Gasteiger partial charge is 0.262 e. The maximum absolute atomic E-state index is 12.6. The second-order valence-corrected chi connectivity index (χ2v) is 7.71. The summed E-state index contributed by atoms with van der Waals surface area (Å²) in [7, 11) is 1.75. The summed E-state index contributed by atoms with van der Waals surface area (Å²) in [6.07, 6.45) is 0. The molecule has 0 spiro atoms. The molecule has 0 aliphatic rings. The van der Waals surface area contributed by atoms with Crippen LogP contribution in [0.2, 0.25) is 0 Å². The van der Waals surface area contributed by atoms with Crippen LogP contribution in [0, 0.1) is 20.8 Å². The zero-order valence-corrected chi connectivity index (χ0v) is 16.1. The van der Waals surface area contributed by atoms with Crippen molar-refractivity contribution in [1.82, 2.24) is 19.2 Å². The van der Waals surface area contributed by atoms with Gasteiger partial charge in [-0.15, -0.1) is 22.0 Å². The number of nitrogens with zero attached hydrogens (tertiary/aromatic N) is 4. The first kappa shape index (κ1) is 16.8. The van der Waals surface area contributed by atoms with Crippen molar-refractivity contribution in [2.45, 2.75) is 31.4 Å². The van der Waals surface area contributed by atoms with Gasteiger partial charge in [-0.25, -0.2) is 0 Å². The Morgan fingerprint density at radius 3 is 2.50 bits per heavy atom. The van der Waals surface area contributed by atoms with Crippen molar-refractivity contribution >= 4 is 28.4 Å². The van der Waals surface area contributed by atoms with E-state index in [1.807, 2.05) is 29.5 Å². The van der Waals surface area contributed by atoms with E-state index in [0.29, 0.717) is 16.9 Å². The van der Waals surface area contributed by atoms with E-state index in [0.717, 1.165) is 16.9 Å². The summed E-state index contributed by atoms with van der Waals surface area (Å²) in [6, 6.07) is 12.4. The third-order valence-corrected chi connectivity index (χ3v) is 5.80. The van der Waals surface area contributed by atoms with Crippen LogP contribution in [0.5, 0.6) is 0 Å². The summed E-state index contributed by atoms with van der Waals surface area (Å²) in [6.45, 7) is 6.22. The predicted octanol–water partition coefficient (Wildman–Crippen LogP) is 3.80. The molecule has 26 heavy (non-hydrogen) atoms. The normalized spacial score (nSPS) is 11.5. The summed E-state index contributed by atoms with van der Waals surface area (Å²) in [4.78, 5) is 13.9. The molecule has 0 N–H and O–H groups in total. The van der Waals surface area contributed by atoms with Gasteiger partial charge in [0, 0.05) is 11.9 Å². The Bertz CT molecular complexity index is 1210. The van der Waals surface area contributed by atoms with Crippen LogP contribution in [-0.4, -0.2) is 19.2 Å². The Morgan fingerprint density at radius 2 is 1.73 bits per heavy atom. The fourth-order valence-electron chi connectivity index (χ4n) is 3.26. The molecule has 4 aromatic rings. The fraction of sp³-hybridized carbons (Fsp3) is 0.250. The van der Waals surface area contributed by atoms with Gasteiger partial charge in [-0.05, 0) is 44.5 Å². The van der Waals surface area contributed by atoms with Crippen LogP contribution in [0.15, 0.2) is 46.1 Å². The van der Waals surface area contributed by atoms with Gasteiger partial charge in [0.2, 0.25) is 5.78 Å². The number of hydrogen-bond donors (Lipinski definition) is 0. The molecule has 0 atom stereocenters. The molecule has 132 valence electrons. The first-order chi connectivity index (χ1) is 12.5. The number of fused-ring (bicyclic) bond motifs is 3. The van der Waals surface area contributed by atoms with E-state index in [-0.39, 0.29) is 5.56 Å². The van der Waals surface area contributed by atoms with Gasteiger partial charge < -0.3 is 0 Å². The lowest BCUT2D eigenvalue weighted by atomic mass is 10.1. The van der Waals surface area contributed by atoms with E-state index in [1.54, 1.807) is 23.4 Å². The number of thioether (sulfide) groups is 1. The molecule has 2 aromatic carbocycles. The number of hydrogen-bond acceptors (Lipinski definition) is 4. The van der Waals surface area contributed by atoms with Crippen molar-refractivity contribution in [1.29, 1.82) is 0 Å². The van der Waals surface area contributed by atoms with Crippen LogP contribution in [-0.2, 0) is 12.8 Å². The highest BCUT2D eigenvalue weighted by atomic mass is 32.2. The van der Waals surface area contributed by atoms with Gasteiger partial charge in [0.25, 0.3) is 5.56 Å². The van der Waals surface area contributed by atoms with Crippen LogP contribution in [0.1, 0.15) is 22.5 Å². The first-order valence-corrected chi connectivity index (χ1v) is 9.47. The molecule has 4 rings (SSSR count). The van der Waals surface area contributed by atoms with Crippen LogP contribution in [0.4, 0.5) is 0 Å². The molecule has 6 heteroatoms. The number of aromatic nitrogens is 4. The molecule has 0 saturated heterocycles. The summed E-state index contributed by atoms with van der Waals surface area (Å²) in [5.41, 5.74) is 4.40. The molecule has 0 aliphatic carbocycles. The van der Waals surface area contributed by atoms with E-state index < -0.39 is 0 Å². The van der Waals surface area contributed by atoms with Gasteiger partial charge in [0.1, 0.15) is 5.82 Å². The van der Waals surface area contributed by atoms with Crippen LogP contribution >= 0.6 is 11.8 Å². The molecule has 0 aliphatic heterocycles. The van der Waals surface area contributed by atoms with E-state index >= 15 is 0 Å². The maximum Gasteiger partial charge on any atom is 0.262 e. The van der Waals surface area contributed by atoms with Crippen molar-refractivity contribution in [2.75, 3.05) is 0 Å². The third-order valence-electron chi connectivity index (χ3n) is 4.63. The average Bonchev–Trinajstić information content (AvgIpc) is 3.03. The maximum atomic E-state index is 12.6. The van der Waals surface area contributed by atoms with E-state index in [4.69, 9.17) is 0 Å². The van der Waals surface area contributed by atoms with E-state index in [2.05, 4.69) is 42.2 Å². The molecule has 2 heterocycles. The molecule has 0 amide bonds. The van der Waals surface area contributed by atoms with Crippen molar-refractivity contribution in [3.8, 4) is 0 Å². The second kappa shape index (κ2) is 6.29. The minimum absolute atomic E-state index is 0.0443. The SMILES string of the molecule is Cc1ccc(SCc2nnc3n(C)c(=O)c4cc(C)ccc4n23)c(C)c1. The Morgan fingerprint density at radius 1 is 1.00 bits per heavy atom. The second-order valence-electron chi connectivity index (χ2n) is 6.69. The zero-order valence-electron chi connectivity index (χ0n) is 15.3. The molecule has 0 radical (unpaired) electrons. The molecular weight excluding hydrogens is 344 g/mol. The number of benzene rings is 2. The summed E-state index contributed by atoms with van der Waals surface area (Å²) >= 11 is 1.74. The highest BCUT2D eigenvalue weighted by Gasteiger charge is 2.15. The third kappa shape index (κ3) is 2.70. The van der Waals surface area contributed by atoms with Gasteiger partial charge in [-0.2, -0.15) is 0 Å². The standard InChI is InChI=1S/C20H20N4OS/c1-12-6-8-17(14(3)9-12)26-11-18-21-22-20-23(4)19(25)15-10-13(2)5-7-16(15)24(18)20/h5-10H,11H2,1-4H3. The Kier molecular flexibility index (Phi) is 4.07. The summed E-state index contributed by atoms with van der Waals surface area (Å²) in [5.74, 6) is 2.10. The Hall–Kier alpha value is -2.60. The largest absolute Gasteiger partial charge is 0.279 e. The van der Waals surface area contributed by atoms with E-state index in [9.17, 15) is 4.79 Å². The Balaban J connectivity index is 1.83. The molecule has 2 aromatic heterocycles. The molecule has 0 bridgehead atoms. The van der Waals surface area contributed by atoms with Crippen molar-refractivity contribution < 1.29 is 0 Å². The van der Waals surface area contributed by atoms with Crippen LogP contribution in [0.3, 0.4) is 0 Å². The van der Waals surface area contributed by atoms with Crippen molar-refractivity contribution in [3.05, 3.63) is 69.3 Å². The van der Waals surface area contributed by atoms with Gasteiger partial charge in [-0.1, -0.05) is 29.3 Å². The van der Waals surface area contributed by atoms with Crippen molar-refractivity contribution in [2.24, 2.45) is 7.05 Å². The lowest BCUT2D eigenvalue weighted by molar-refractivity contribution is 0.857. The van der Waals surface area contributed by atoms with Gasteiger partial charge in [0.15, 0.2) is 0 Å². The predicted molar refractivity (Wildman–Crippen MR) is 106 cm³/mol. The van der Waals surface area contributed by atoms with Gasteiger partial charge in [0.05, 0.1) is 16.7 Å². The van der Waals surface area contributed by atoms with Crippen LogP contribution < -0.4 is 5.56 Å².